The molecule has 0 spiro atoms. The lowest BCUT2D eigenvalue weighted by molar-refractivity contribution is -0.0370. The zero-order valence-electron chi connectivity index (χ0n) is 12.3. The molecule has 0 aromatic carbocycles. The normalized spacial score (nSPS) is 31.7. The minimum absolute atomic E-state index is 0.368. The molecule has 1 aromatic rings. The zero-order chi connectivity index (χ0) is 13.7. The first-order valence-electron chi connectivity index (χ1n) is 7.67. The first-order chi connectivity index (χ1) is 9.72. The highest BCUT2D eigenvalue weighted by Gasteiger charge is 2.39. The SMILES string of the molecule is Cc1nnc(CN2C[C@H]3OCCN(C)[C@H]3C2)n1C1CC1. The molecule has 6 heteroatoms. The van der Waals surface area contributed by atoms with Crippen LogP contribution in [0.2, 0.25) is 0 Å². The highest BCUT2D eigenvalue weighted by Crippen LogP contribution is 2.36. The van der Waals surface area contributed by atoms with Crippen molar-refractivity contribution >= 4 is 0 Å². The molecule has 2 aliphatic heterocycles. The molecule has 3 fully saturated rings. The lowest BCUT2D eigenvalue weighted by Gasteiger charge is -2.33. The Bertz CT molecular complexity index is 498. The van der Waals surface area contributed by atoms with Crippen molar-refractivity contribution in [3.05, 3.63) is 11.6 Å². The summed E-state index contributed by atoms with van der Waals surface area (Å²) in [4.78, 5) is 4.91. The molecule has 1 saturated carbocycles. The standard InChI is InChI=1S/C14H23N5O/c1-10-15-16-14(19(10)11-3-4-11)9-18-7-12-13(8-18)20-6-5-17(12)2/h11-13H,3-9H2,1-2H3/t12-,13+/m0/s1. The van der Waals surface area contributed by atoms with Gasteiger partial charge >= 0.3 is 0 Å². The molecule has 0 amide bonds. The molecule has 4 rings (SSSR count). The summed E-state index contributed by atoms with van der Waals surface area (Å²) in [6.45, 7) is 6.98. The Labute approximate surface area is 119 Å². The van der Waals surface area contributed by atoms with Gasteiger partial charge in [-0.25, -0.2) is 0 Å². The second-order valence-corrected chi connectivity index (χ2v) is 6.42. The van der Waals surface area contributed by atoms with Crippen LogP contribution in [0.25, 0.3) is 0 Å². The quantitative estimate of drug-likeness (QED) is 0.802. The molecule has 3 heterocycles. The smallest absolute Gasteiger partial charge is 0.147 e. The Hall–Kier alpha value is -0.980. The van der Waals surface area contributed by atoms with Gasteiger partial charge in [0.1, 0.15) is 11.6 Å². The Balaban J connectivity index is 1.47. The van der Waals surface area contributed by atoms with Gasteiger partial charge in [-0.1, -0.05) is 0 Å². The minimum Gasteiger partial charge on any atom is -0.374 e. The molecule has 110 valence electrons. The fraction of sp³-hybridized carbons (Fsp3) is 0.857. The summed E-state index contributed by atoms with van der Waals surface area (Å²) < 4.78 is 8.25. The van der Waals surface area contributed by atoms with E-state index in [1.165, 1.54) is 12.8 Å². The molecule has 1 aliphatic carbocycles. The number of aryl methyl sites for hydroxylation is 1. The maximum Gasteiger partial charge on any atom is 0.147 e. The van der Waals surface area contributed by atoms with Crippen molar-refractivity contribution in [1.29, 1.82) is 0 Å². The van der Waals surface area contributed by atoms with Gasteiger partial charge in [0.25, 0.3) is 0 Å². The van der Waals surface area contributed by atoms with Crippen LogP contribution in [-0.2, 0) is 11.3 Å². The summed E-state index contributed by atoms with van der Waals surface area (Å²) in [5.74, 6) is 2.19. The first-order valence-corrected chi connectivity index (χ1v) is 7.67. The number of morpholine rings is 1. The molecule has 6 nitrogen and oxygen atoms in total. The second-order valence-electron chi connectivity index (χ2n) is 6.42. The van der Waals surface area contributed by atoms with Crippen molar-refractivity contribution in [2.24, 2.45) is 0 Å². The Kier molecular flexibility index (Phi) is 3.05. The van der Waals surface area contributed by atoms with E-state index in [0.29, 0.717) is 18.2 Å². The maximum atomic E-state index is 5.91. The molecule has 2 saturated heterocycles. The number of rotatable bonds is 3. The van der Waals surface area contributed by atoms with Crippen LogP contribution in [0.3, 0.4) is 0 Å². The third kappa shape index (κ3) is 2.16. The lowest BCUT2D eigenvalue weighted by atomic mass is 10.1. The third-order valence-corrected chi connectivity index (χ3v) is 4.87. The molecule has 2 atom stereocenters. The van der Waals surface area contributed by atoms with Crippen molar-refractivity contribution in [1.82, 2.24) is 24.6 Å². The van der Waals surface area contributed by atoms with Gasteiger partial charge in [0.15, 0.2) is 0 Å². The zero-order valence-corrected chi connectivity index (χ0v) is 12.3. The highest BCUT2D eigenvalue weighted by molar-refractivity contribution is 5.03. The van der Waals surface area contributed by atoms with Crippen LogP contribution in [0.4, 0.5) is 0 Å². The maximum absolute atomic E-state index is 5.91. The van der Waals surface area contributed by atoms with Gasteiger partial charge in [-0.3, -0.25) is 9.80 Å². The molecule has 1 aromatic heterocycles. The van der Waals surface area contributed by atoms with Crippen LogP contribution in [-0.4, -0.2) is 70.0 Å². The molecular formula is C14H23N5O. The number of nitrogens with zero attached hydrogens (tertiary/aromatic N) is 5. The van der Waals surface area contributed by atoms with Gasteiger partial charge in [0.05, 0.1) is 19.3 Å². The van der Waals surface area contributed by atoms with Crippen molar-refractivity contribution in [3.8, 4) is 0 Å². The predicted molar refractivity (Wildman–Crippen MR) is 74.5 cm³/mol. The van der Waals surface area contributed by atoms with Crippen molar-refractivity contribution in [2.75, 3.05) is 33.3 Å². The van der Waals surface area contributed by atoms with E-state index in [-0.39, 0.29) is 0 Å². The van der Waals surface area contributed by atoms with Crippen LogP contribution in [0, 0.1) is 6.92 Å². The summed E-state index contributed by atoms with van der Waals surface area (Å²) in [5, 5.41) is 8.66. The number of ether oxygens (including phenoxy) is 1. The van der Waals surface area contributed by atoms with Crippen LogP contribution in [0.1, 0.15) is 30.5 Å². The number of likely N-dealkylation sites (N-methyl/N-ethyl adjacent to an activating group) is 1. The van der Waals surface area contributed by atoms with Crippen molar-refractivity contribution in [2.45, 2.75) is 44.5 Å². The van der Waals surface area contributed by atoms with E-state index < -0.39 is 0 Å². The van der Waals surface area contributed by atoms with Gasteiger partial charge in [0.2, 0.25) is 0 Å². The van der Waals surface area contributed by atoms with Gasteiger partial charge in [-0.15, -0.1) is 10.2 Å². The predicted octanol–water partition coefficient (Wildman–Crippen LogP) is 0.436. The number of fused-ring (bicyclic) bond motifs is 1. The van der Waals surface area contributed by atoms with Crippen molar-refractivity contribution < 1.29 is 4.74 Å². The van der Waals surface area contributed by atoms with Gasteiger partial charge in [-0.2, -0.15) is 0 Å². The Morgan fingerprint density at radius 3 is 2.85 bits per heavy atom. The lowest BCUT2D eigenvalue weighted by Crippen LogP contribution is -2.48. The molecule has 0 bridgehead atoms. The van der Waals surface area contributed by atoms with Crippen molar-refractivity contribution in [3.63, 3.8) is 0 Å². The van der Waals surface area contributed by atoms with E-state index >= 15 is 0 Å². The molecule has 0 N–H and O–H groups in total. The average Bonchev–Trinajstić information content (AvgIpc) is 3.06. The third-order valence-electron chi connectivity index (χ3n) is 4.87. The van der Waals surface area contributed by atoms with E-state index in [0.717, 1.165) is 44.4 Å². The number of hydrogen-bond donors (Lipinski definition) is 0. The van der Waals surface area contributed by atoms with Crippen LogP contribution < -0.4 is 0 Å². The van der Waals surface area contributed by atoms with Crippen LogP contribution in [0.5, 0.6) is 0 Å². The number of aromatic nitrogens is 3. The summed E-state index contributed by atoms with van der Waals surface area (Å²) in [7, 11) is 2.21. The molecule has 0 radical (unpaired) electrons. The second kappa shape index (κ2) is 4.79. The monoisotopic (exact) mass is 277 g/mol. The highest BCUT2D eigenvalue weighted by atomic mass is 16.5. The first kappa shape index (κ1) is 12.7. The Morgan fingerprint density at radius 1 is 1.25 bits per heavy atom. The number of hydrogen-bond acceptors (Lipinski definition) is 5. The fourth-order valence-corrected chi connectivity index (χ4v) is 3.59. The Morgan fingerprint density at radius 2 is 2.10 bits per heavy atom. The fourth-order valence-electron chi connectivity index (χ4n) is 3.59. The summed E-state index contributed by atoms with van der Waals surface area (Å²) in [6, 6.07) is 1.20. The summed E-state index contributed by atoms with van der Waals surface area (Å²) in [6.07, 6.45) is 2.93. The summed E-state index contributed by atoms with van der Waals surface area (Å²) in [5.41, 5.74) is 0. The van der Waals surface area contributed by atoms with Gasteiger partial charge < -0.3 is 9.30 Å². The molecule has 20 heavy (non-hydrogen) atoms. The molecule has 0 unspecified atom stereocenters. The van der Waals surface area contributed by atoms with Crippen LogP contribution in [0.15, 0.2) is 0 Å². The minimum atomic E-state index is 0.368. The molecular weight excluding hydrogens is 254 g/mol. The average molecular weight is 277 g/mol. The van der Waals surface area contributed by atoms with E-state index in [4.69, 9.17) is 4.74 Å². The van der Waals surface area contributed by atoms with Crippen LogP contribution >= 0.6 is 0 Å². The largest absolute Gasteiger partial charge is 0.374 e. The van der Waals surface area contributed by atoms with E-state index in [9.17, 15) is 0 Å². The van der Waals surface area contributed by atoms with E-state index in [2.05, 4.69) is 38.5 Å². The topological polar surface area (TPSA) is 46.4 Å². The number of likely N-dealkylation sites (tertiary alicyclic amines) is 1. The molecule has 3 aliphatic rings. The van der Waals surface area contributed by atoms with E-state index in [1.807, 2.05) is 0 Å². The van der Waals surface area contributed by atoms with Gasteiger partial charge in [-0.05, 0) is 26.8 Å². The van der Waals surface area contributed by atoms with E-state index in [1.54, 1.807) is 0 Å². The summed E-state index contributed by atoms with van der Waals surface area (Å²) >= 11 is 0. The van der Waals surface area contributed by atoms with Gasteiger partial charge in [0, 0.05) is 31.7 Å².